The quantitative estimate of drug-likeness (QED) is 0.0684. The summed E-state index contributed by atoms with van der Waals surface area (Å²) in [7, 11) is 0. The Morgan fingerprint density at radius 3 is 1.53 bits per heavy atom. The van der Waals surface area contributed by atoms with Crippen LogP contribution in [0.1, 0.15) is 24.8 Å². The summed E-state index contributed by atoms with van der Waals surface area (Å²) in [5.74, 6) is -4.83. The van der Waals surface area contributed by atoms with E-state index in [0.29, 0.717) is 25.8 Å². The predicted octanol–water partition coefficient (Wildman–Crippen LogP) is -3.60. The molecule has 0 saturated heterocycles. The number of primary amides is 1. The van der Waals surface area contributed by atoms with Crippen LogP contribution in [0.3, 0.4) is 0 Å². The van der Waals surface area contributed by atoms with E-state index < -0.39 is 47.9 Å². The van der Waals surface area contributed by atoms with E-state index in [-0.39, 0.29) is 18.9 Å². The number of aliphatic imine (C=N–C) groups is 1. The topological polar surface area (TPSA) is 361 Å². The van der Waals surface area contributed by atoms with E-state index in [0.717, 1.165) is 5.56 Å². The molecular weight excluding hydrogens is 508 g/mol. The molecule has 17 nitrogen and oxygen atoms in total. The number of nitrogens with zero attached hydrogens (tertiary/aromatic N) is 1. The van der Waals surface area contributed by atoms with E-state index in [2.05, 4.69) is 16.5 Å². The highest BCUT2D eigenvalue weighted by Crippen LogP contribution is 2.01. The molecular formula is C21H38N8O9. The molecule has 0 saturated carbocycles. The Bertz CT molecular complexity index is 881. The molecule has 18 N–H and O–H groups in total. The van der Waals surface area contributed by atoms with Crippen LogP contribution in [0.15, 0.2) is 35.3 Å². The Labute approximate surface area is 218 Å². The fourth-order valence-electron chi connectivity index (χ4n) is 1.90. The predicted molar refractivity (Wildman–Crippen MR) is 137 cm³/mol. The third kappa shape index (κ3) is 27.9. The van der Waals surface area contributed by atoms with Crippen molar-refractivity contribution in [2.24, 2.45) is 45.1 Å². The van der Waals surface area contributed by atoms with Gasteiger partial charge in [-0.05, 0) is 24.8 Å². The van der Waals surface area contributed by atoms with Gasteiger partial charge in [0.15, 0.2) is 5.96 Å². The van der Waals surface area contributed by atoms with Gasteiger partial charge < -0.3 is 60.6 Å². The minimum Gasteiger partial charge on any atom is -0.480 e. The monoisotopic (exact) mass is 546 g/mol. The maximum atomic E-state index is 10.4. The zero-order valence-corrected chi connectivity index (χ0v) is 20.7. The molecule has 0 aliphatic rings. The summed E-state index contributed by atoms with van der Waals surface area (Å²) in [6, 6.07) is 6.56. The molecule has 0 spiro atoms. The second kappa shape index (κ2) is 23.1. The summed E-state index contributed by atoms with van der Waals surface area (Å²) in [5, 5.41) is 32.6. The van der Waals surface area contributed by atoms with Gasteiger partial charge in [-0.3, -0.25) is 29.0 Å². The number of nitrogens with two attached hydrogens (primary N) is 7. The van der Waals surface area contributed by atoms with E-state index in [1.807, 2.05) is 30.3 Å². The van der Waals surface area contributed by atoms with E-state index in [9.17, 15) is 24.0 Å². The Morgan fingerprint density at radius 1 is 0.763 bits per heavy atom. The summed E-state index contributed by atoms with van der Waals surface area (Å²) in [6.07, 6.45) is 1.03. The van der Waals surface area contributed by atoms with Crippen LogP contribution in [0.4, 0.5) is 0 Å². The molecule has 0 radical (unpaired) electrons. The molecule has 0 unspecified atom stereocenters. The van der Waals surface area contributed by atoms with Gasteiger partial charge in [0, 0.05) is 6.54 Å². The van der Waals surface area contributed by atoms with Crippen molar-refractivity contribution in [2.45, 2.75) is 43.8 Å². The molecule has 0 bridgehead atoms. The summed E-state index contributed by atoms with van der Waals surface area (Å²) < 4.78 is 0. The highest BCUT2D eigenvalue weighted by atomic mass is 16.4. The Kier molecular flexibility index (Phi) is 23.2. The Balaban J connectivity index is -0.000000449. The lowest BCUT2D eigenvalue weighted by Crippen LogP contribution is -2.34. The third-order valence-electron chi connectivity index (χ3n) is 3.81. The first kappa shape index (κ1) is 38.2. The van der Waals surface area contributed by atoms with Gasteiger partial charge in [0.1, 0.15) is 18.1 Å². The van der Waals surface area contributed by atoms with Gasteiger partial charge in [0.2, 0.25) is 5.91 Å². The van der Waals surface area contributed by atoms with Crippen molar-refractivity contribution >= 4 is 35.7 Å². The highest BCUT2D eigenvalue weighted by Gasteiger charge is 2.13. The summed E-state index contributed by atoms with van der Waals surface area (Å²) in [5.41, 5.74) is 35.8. The molecule has 0 aliphatic carbocycles. The van der Waals surface area contributed by atoms with Crippen LogP contribution in [0, 0.1) is 0 Å². The molecule has 0 fully saturated rings. The van der Waals surface area contributed by atoms with E-state index >= 15 is 0 Å². The molecule has 0 aromatic heterocycles. The van der Waals surface area contributed by atoms with Gasteiger partial charge in [-0.15, -0.1) is 0 Å². The minimum absolute atomic E-state index is 0.0129. The smallest absolute Gasteiger partial charge is 0.321 e. The fourth-order valence-corrected chi connectivity index (χ4v) is 1.90. The van der Waals surface area contributed by atoms with Crippen molar-refractivity contribution in [2.75, 3.05) is 13.1 Å². The average molecular weight is 547 g/mol. The SMILES string of the molecule is NC(=O)C[C@H](N)C(=O)O.NC(N)=NCCC[C@H](N)C(=O)O.NCC(=O)O.N[C@H](Cc1ccccc1)C(=O)O. The van der Waals surface area contributed by atoms with Crippen LogP contribution in [0.2, 0.25) is 0 Å². The number of carbonyl (C=O) groups is 5. The zero-order valence-electron chi connectivity index (χ0n) is 20.7. The van der Waals surface area contributed by atoms with Crippen molar-refractivity contribution in [3.05, 3.63) is 35.9 Å². The van der Waals surface area contributed by atoms with Gasteiger partial charge in [-0.1, -0.05) is 30.3 Å². The molecule has 0 heterocycles. The normalized spacial score (nSPS) is 11.7. The van der Waals surface area contributed by atoms with Crippen LogP contribution < -0.4 is 40.1 Å². The molecule has 1 aromatic rings. The standard InChI is InChI=1S/C9H11NO2.C6H14N4O2.C4H8N2O3.C2H5NO2/c10-8(9(11)12)6-7-4-2-1-3-5-7;7-4(5(11)12)2-1-3-10-6(8)9;5-2(4(8)9)1-3(6)7;3-1-2(4)5/h1-5,8H,6,10H2,(H,11,12);4H,1-3,7H2,(H,11,12)(H4,8,9,10);2H,1,5H2,(H2,6,7)(H,8,9);1,3H2,(H,4,5)/t8-;4-;2-;/m100./s1. The number of carboxylic acid groups (broad SMARTS) is 4. The number of hydrogen-bond donors (Lipinski definition) is 11. The maximum Gasteiger partial charge on any atom is 0.321 e. The van der Waals surface area contributed by atoms with Crippen molar-refractivity contribution in [3.63, 3.8) is 0 Å². The summed E-state index contributed by atoms with van der Waals surface area (Å²) in [4.78, 5) is 53.4. The number of carbonyl (C=O) groups excluding carboxylic acids is 1. The molecule has 216 valence electrons. The second-order valence-corrected chi connectivity index (χ2v) is 7.24. The van der Waals surface area contributed by atoms with E-state index in [1.165, 1.54) is 0 Å². The van der Waals surface area contributed by atoms with E-state index in [4.69, 9.17) is 49.1 Å². The van der Waals surface area contributed by atoms with Gasteiger partial charge in [-0.2, -0.15) is 0 Å². The van der Waals surface area contributed by atoms with Crippen LogP contribution >= 0.6 is 0 Å². The number of rotatable bonds is 12. The summed E-state index contributed by atoms with van der Waals surface area (Å²) >= 11 is 0. The lowest BCUT2D eigenvalue weighted by Gasteiger charge is -2.04. The Morgan fingerprint density at radius 2 is 1.21 bits per heavy atom. The molecule has 0 aliphatic heterocycles. The van der Waals surface area contributed by atoms with Crippen LogP contribution in [-0.2, 0) is 30.4 Å². The number of guanidine groups is 1. The average Bonchev–Trinajstić information content (AvgIpc) is 2.82. The van der Waals surface area contributed by atoms with Crippen molar-refractivity contribution in [1.82, 2.24) is 0 Å². The number of aliphatic carboxylic acids is 4. The molecule has 1 amide bonds. The number of amides is 1. The molecule has 1 rings (SSSR count). The number of carboxylic acids is 4. The van der Waals surface area contributed by atoms with Crippen LogP contribution in [-0.4, -0.2) is 87.4 Å². The summed E-state index contributed by atoms with van der Waals surface area (Å²) in [6.45, 7) is 0.142. The minimum atomic E-state index is -1.21. The third-order valence-corrected chi connectivity index (χ3v) is 3.81. The first-order chi connectivity index (χ1) is 17.5. The Hall–Kier alpha value is -4.32. The molecule has 38 heavy (non-hydrogen) atoms. The fraction of sp³-hybridized carbons (Fsp3) is 0.429. The van der Waals surface area contributed by atoms with E-state index in [1.54, 1.807) is 0 Å². The highest BCUT2D eigenvalue weighted by molar-refractivity contribution is 5.83. The zero-order chi connectivity index (χ0) is 30.3. The lowest BCUT2D eigenvalue weighted by molar-refractivity contribution is -0.140. The van der Waals surface area contributed by atoms with Gasteiger partial charge >= 0.3 is 23.9 Å². The van der Waals surface area contributed by atoms with Crippen LogP contribution in [0.25, 0.3) is 0 Å². The van der Waals surface area contributed by atoms with Crippen molar-refractivity contribution < 1.29 is 44.4 Å². The van der Waals surface area contributed by atoms with Gasteiger partial charge in [0.25, 0.3) is 0 Å². The van der Waals surface area contributed by atoms with Gasteiger partial charge in [-0.25, -0.2) is 0 Å². The number of benzene rings is 1. The molecule has 3 atom stereocenters. The molecule has 17 heteroatoms. The van der Waals surface area contributed by atoms with Gasteiger partial charge in [0.05, 0.1) is 13.0 Å². The largest absolute Gasteiger partial charge is 0.480 e. The lowest BCUT2D eigenvalue weighted by atomic mass is 10.1. The maximum absolute atomic E-state index is 10.4. The van der Waals surface area contributed by atoms with Crippen molar-refractivity contribution in [3.8, 4) is 0 Å². The first-order valence-electron chi connectivity index (χ1n) is 10.8. The molecule has 1 aromatic carbocycles. The second-order valence-electron chi connectivity index (χ2n) is 7.24. The van der Waals surface area contributed by atoms with Crippen LogP contribution in [0.5, 0.6) is 0 Å². The number of hydrogen-bond acceptors (Lipinski definition) is 10. The first-order valence-corrected chi connectivity index (χ1v) is 10.8. The van der Waals surface area contributed by atoms with Crippen molar-refractivity contribution in [1.29, 1.82) is 0 Å².